The molecule has 0 radical (unpaired) electrons. The summed E-state index contributed by atoms with van der Waals surface area (Å²) in [6, 6.07) is 5.57. The van der Waals surface area contributed by atoms with Crippen molar-refractivity contribution in [2.75, 3.05) is 38.0 Å². The average molecular weight is 361 g/mol. The van der Waals surface area contributed by atoms with E-state index in [1.165, 1.54) is 0 Å². The molecule has 0 saturated carbocycles. The number of piperazine rings is 1. The molecule has 25 heavy (non-hydrogen) atoms. The van der Waals surface area contributed by atoms with Crippen LogP contribution >= 0.6 is 11.7 Å². The highest BCUT2D eigenvalue weighted by Crippen LogP contribution is 2.21. The molecule has 1 aliphatic rings. The fourth-order valence-electron chi connectivity index (χ4n) is 2.93. The van der Waals surface area contributed by atoms with Gasteiger partial charge in [-0.15, -0.1) is 0 Å². The molecular formula is C17H23N5O2S. The third-order valence-electron chi connectivity index (χ3n) is 4.24. The average Bonchev–Trinajstić information content (AvgIpc) is 3.04. The highest BCUT2D eigenvalue weighted by Gasteiger charge is 2.23. The predicted octanol–water partition coefficient (Wildman–Crippen LogP) is 1.82. The number of fused-ring (bicyclic) bond motifs is 1. The number of nitrogens with zero attached hydrogens (tertiary/aromatic N) is 4. The highest BCUT2D eigenvalue weighted by molar-refractivity contribution is 7.00. The van der Waals surface area contributed by atoms with Crippen molar-refractivity contribution < 1.29 is 9.59 Å². The molecule has 1 saturated heterocycles. The predicted molar refractivity (Wildman–Crippen MR) is 98.5 cm³/mol. The Morgan fingerprint density at radius 3 is 2.68 bits per heavy atom. The molecule has 2 amide bonds. The number of hydrogen-bond acceptors (Lipinski definition) is 6. The summed E-state index contributed by atoms with van der Waals surface area (Å²) in [7, 11) is 0. The van der Waals surface area contributed by atoms with Gasteiger partial charge in [0.25, 0.3) is 0 Å². The van der Waals surface area contributed by atoms with Gasteiger partial charge >= 0.3 is 0 Å². The fraction of sp³-hybridized carbons (Fsp3) is 0.529. The van der Waals surface area contributed by atoms with Gasteiger partial charge in [-0.05, 0) is 18.1 Å². The van der Waals surface area contributed by atoms with Crippen LogP contribution in [-0.4, -0.2) is 63.1 Å². The van der Waals surface area contributed by atoms with Crippen molar-refractivity contribution in [2.45, 2.75) is 20.3 Å². The minimum absolute atomic E-state index is 0.0672. The Balaban J connectivity index is 1.50. The Kier molecular flexibility index (Phi) is 5.60. The number of rotatable bonds is 5. The molecule has 134 valence electrons. The summed E-state index contributed by atoms with van der Waals surface area (Å²) in [6.45, 7) is 7.24. The summed E-state index contributed by atoms with van der Waals surface area (Å²) in [6.07, 6.45) is 0.589. The Hall–Kier alpha value is -2.06. The van der Waals surface area contributed by atoms with Crippen LogP contribution in [0.15, 0.2) is 18.2 Å². The molecule has 1 aliphatic heterocycles. The van der Waals surface area contributed by atoms with Crippen LogP contribution in [0.25, 0.3) is 11.0 Å². The minimum atomic E-state index is -0.0672. The van der Waals surface area contributed by atoms with E-state index in [1.54, 1.807) is 0 Å². The van der Waals surface area contributed by atoms with E-state index in [0.29, 0.717) is 37.7 Å². The largest absolute Gasteiger partial charge is 0.340 e. The number of aromatic nitrogens is 2. The van der Waals surface area contributed by atoms with Crippen LogP contribution in [0, 0.1) is 5.92 Å². The van der Waals surface area contributed by atoms with Crippen LogP contribution in [0.5, 0.6) is 0 Å². The van der Waals surface area contributed by atoms with Gasteiger partial charge in [0.05, 0.1) is 24.0 Å². The quantitative estimate of drug-likeness (QED) is 0.879. The molecule has 2 heterocycles. The number of benzene rings is 1. The maximum Gasteiger partial charge on any atom is 0.238 e. The van der Waals surface area contributed by atoms with Gasteiger partial charge in [-0.25, -0.2) is 0 Å². The maximum absolute atomic E-state index is 12.3. The van der Waals surface area contributed by atoms with Gasteiger partial charge in [-0.1, -0.05) is 19.9 Å². The molecule has 2 aromatic rings. The maximum atomic E-state index is 12.3. The Labute approximate surface area is 151 Å². The molecule has 0 bridgehead atoms. The van der Waals surface area contributed by atoms with Gasteiger partial charge in [0.1, 0.15) is 11.0 Å². The van der Waals surface area contributed by atoms with Crippen molar-refractivity contribution >= 4 is 40.3 Å². The summed E-state index contributed by atoms with van der Waals surface area (Å²) in [5, 5.41) is 2.92. The standard InChI is InChI=1S/C17H23N5O2S/c1-12(2)10-16(24)22-8-6-21(7-9-22)11-15(23)18-13-4-3-5-14-17(13)20-25-19-14/h3-5,12H,6-11H2,1-2H3,(H,18,23). The fourth-order valence-corrected chi connectivity index (χ4v) is 3.48. The molecule has 0 atom stereocenters. The zero-order chi connectivity index (χ0) is 17.8. The van der Waals surface area contributed by atoms with Gasteiger partial charge in [0, 0.05) is 32.6 Å². The topological polar surface area (TPSA) is 78.4 Å². The first kappa shape index (κ1) is 17.8. The van der Waals surface area contributed by atoms with Crippen LogP contribution in [0.4, 0.5) is 5.69 Å². The van der Waals surface area contributed by atoms with E-state index in [2.05, 4.69) is 32.8 Å². The molecule has 7 nitrogen and oxygen atoms in total. The number of nitrogens with one attached hydrogen (secondary N) is 1. The molecular weight excluding hydrogens is 338 g/mol. The second-order valence-electron chi connectivity index (χ2n) is 6.74. The van der Waals surface area contributed by atoms with Gasteiger partial charge in [-0.2, -0.15) is 8.75 Å². The summed E-state index contributed by atoms with van der Waals surface area (Å²) in [5.41, 5.74) is 2.21. The lowest BCUT2D eigenvalue weighted by molar-refractivity contribution is -0.133. The van der Waals surface area contributed by atoms with Crippen molar-refractivity contribution in [1.29, 1.82) is 0 Å². The SMILES string of the molecule is CC(C)CC(=O)N1CCN(CC(=O)Nc2cccc3nsnc23)CC1. The summed E-state index contributed by atoms with van der Waals surface area (Å²) < 4.78 is 8.41. The molecule has 1 fully saturated rings. The Bertz CT molecular complexity index is 752. The molecule has 0 unspecified atom stereocenters. The summed E-state index contributed by atoms with van der Waals surface area (Å²) in [4.78, 5) is 28.4. The van der Waals surface area contributed by atoms with E-state index in [0.717, 1.165) is 35.9 Å². The first-order chi connectivity index (χ1) is 12.0. The van der Waals surface area contributed by atoms with Crippen molar-refractivity contribution in [3.8, 4) is 0 Å². The van der Waals surface area contributed by atoms with Crippen LogP contribution in [-0.2, 0) is 9.59 Å². The normalized spacial score (nSPS) is 15.7. The molecule has 1 aromatic heterocycles. The van der Waals surface area contributed by atoms with E-state index in [-0.39, 0.29) is 11.8 Å². The minimum Gasteiger partial charge on any atom is -0.340 e. The number of hydrogen-bond donors (Lipinski definition) is 1. The van der Waals surface area contributed by atoms with Crippen molar-refractivity contribution in [3.05, 3.63) is 18.2 Å². The second kappa shape index (κ2) is 7.88. The third-order valence-corrected chi connectivity index (χ3v) is 4.78. The molecule has 3 rings (SSSR count). The lowest BCUT2D eigenvalue weighted by Crippen LogP contribution is -2.50. The molecule has 1 aromatic carbocycles. The molecule has 8 heteroatoms. The number of carbonyl (C=O) groups is 2. The zero-order valence-electron chi connectivity index (χ0n) is 14.6. The molecule has 0 aliphatic carbocycles. The zero-order valence-corrected chi connectivity index (χ0v) is 15.4. The van der Waals surface area contributed by atoms with Gasteiger partial charge in [0.15, 0.2) is 0 Å². The monoisotopic (exact) mass is 361 g/mol. The number of amides is 2. The van der Waals surface area contributed by atoms with Gasteiger partial charge in [0.2, 0.25) is 11.8 Å². The number of anilines is 1. The highest BCUT2D eigenvalue weighted by atomic mass is 32.1. The van der Waals surface area contributed by atoms with E-state index in [1.807, 2.05) is 23.1 Å². The van der Waals surface area contributed by atoms with Crippen LogP contribution in [0.2, 0.25) is 0 Å². The number of carbonyl (C=O) groups excluding carboxylic acids is 2. The Morgan fingerprint density at radius 1 is 1.20 bits per heavy atom. The Morgan fingerprint density at radius 2 is 1.96 bits per heavy atom. The first-order valence-electron chi connectivity index (χ1n) is 8.54. The smallest absolute Gasteiger partial charge is 0.238 e. The first-order valence-corrected chi connectivity index (χ1v) is 9.27. The van der Waals surface area contributed by atoms with Gasteiger partial charge in [-0.3, -0.25) is 14.5 Å². The van der Waals surface area contributed by atoms with E-state index < -0.39 is 0 Å². The second-order valence-corrected chi connectivity index (χ2v) is 7.27. The van der Waals surface area contributed by atoms with E-state index >= 15 is 0 Å². The van der Waals surface area contributed by atoms with E-state index in [9.17, 15) is 9.59 Å². The summed E-state index contributed by atoms with van der Waals surface area (Å²) >= 11 is 1.14. The van der Waals surface area contributed by atoms with Crippen molar-refractivity contribution in [2.24, 2.45) is 5.92 Å². The summed E-state index contributed by atoms with van der Waals surface area (Å²) in [5.74, 6) is 0.517. The molecule has 1 N–H and O–H groups in total. The lowest BCUT2D eigenvalue weighted by atomic mass is 10.1. The lowest BCUT2D eigenvalue weighted by Gasteiger charge is -2.34. The van der Waals surface area contributed by atoms with Crippen molar-refractivity contribution in [3.63, 3.8) is 0 Å². The van der Waals surface area contributed by atoms with Crippen LogP contribution in [0.3, 0.4) is 0 Å². The van der Waals surface area contributed by atoms with E-state index in [4.69, 9.17) is 0 Å². The van der Waals surface area contributed by atoms with Crippen LogP contribution < -0.4 is 5.32 Å². The van der Waals surface area contributed by atoms with Crippen LogP contribution in [0.1, 0.15) is 20.3 Å². The van der Waals surface area contributed by atoms with Gasteiger partial charge < -0.3 is 10.2 Å². The van der Waals surface area contributed by atoms with Crippen molar-refractivity contribution in [1.82, 2.24) is 18.5 Å². The molecule has 0 spiro atoms. The third kappa shape index (κ3) is 4.52.